The van der Waals surface area contributed by atoms with Crippen molar-refractivity contribution in [2.75, 3.05) is 32.2 Å². The van der Waals surface area contributed by atoms with E-state index >= 15 is 0 Å². The van der Waals surface area contributed by atoms with Gasteiger partial charge in [-0.15, -0.1) is 0 Å². The number of aliphatic hydroxyl groups excluding tert-OH is 4. The summed E-state index contributed by atoms with van der Waals surface area (Å²) in [7, 11) is 3.69. The Labute approximate surface area is 91.4 Å². The lowest BCUT2D eigenvalue weighted by Gasteiger charge is -2.23. The lowest BCUT2D eigenvalue weighted by atomic mass is 9.93. The van der Waals surface area contributed by atoms with E-state index in [1.807, 2.05) is 21.6 Å². The molecule has 0 atom stereocenters. The van der Waals surface area contributed by atoms with Crippen LogP contribution in [0.15, 0.2) is 11.5 Å². The second kappa shape index (κ2) is 8.58. The standard InChI is InChI=1S/C5H12O4.C3H4S2/c6-1-5(2-7,3-8)4-9;1-2-4-5-3-1/h6-9H,1-4H2;1-2H,3H2. The van der Waals surface area contributed by atoms with E-state index in [-0.39, 0.29) is 0 Å². The first-order valence-electron chi connectivity index (χ1n) is 4.11. The Morgan fingerprint density at radius 2 is 1.50 bits per heavy atom. The van der Waals surface area contributed by atoms with E-state index in [4.69, 9.17) is 20.4 Å². The minimum atomic E-state index is -1.11. The number of hydrogen-bond acceptors (Lipinski definition) is 6. The van der Waals surface area contributed by atoms with Crippen LogP contribution < -0.4 is 0 Å². The van der Waals surface area contributed by atoms with Crippen molar-refractivity contribution in [3.05, 3.63) is 11.5 Å². The van der Waals surface area contributed by atoms with E-state index in [9.17, 15) is 0 Å². The summed E-state index contributed by atoms with van der Waals surface area (Å²) in [6.07, 6.45) is 2.16. The lowest BCUT2D eigenvalue weighted by molar-refractivity contribution is -0.0328. The highest BCUT2D eigenvalue weighted by molar-refractivity contribution is 8.78. The molecule has 1 aliphatic rings. The van der Waals surface area contributed by atoms with Crippen molar-refractivity contribution in [2.24, 2.45) is 5.41 Å². The molecule has 0 aromatic carbocycles. The zero-order valence-electron chi connectivity index (χ0n) is 7.80. The van der Waals surface area contributed by atoms with Crippen LogP contribution in [0.2, 0.25) is 0 Å². The normalized spacial score (nSPS) is 15.1. The highest BCUT2D eigenvalue weighted by atomic mass is 33.1. The van der Waals surface area contributed by atoms with Crippen LogP contribution in [0.4, 0.5) is 0 Å². The van der Waals surface area contributed by atoms with Gasteiger partial charge in [-0.25, -0.2) is 0 Å². The molecule has 0 aliphatic carbocycles. The van der Waals surface area contributed by atoms with Gasteiger partial charge in [-0.2, -0.15) is 0 Å². The van der Waals surface area contributed by atoms with Gasteiger partial charge in [0, 0.05) is 5.75 Å². The largest absolute Gasteiger partial charge is 0.396 e. The average Bonchev–Trinajstić information content (AvgIpc) is 2.80. The number of rotatable bonds is 4. The molecule has 0 unspecified atom stereocenters. The Hall–Kier alpha value is 0.280. The molecule has 0 bridgehead atoms. The van der Waals surface area contributed by atoms with Gasteiger partial charge in [-0.05, 0) is 5.41 Å². The maximum atomic E-state index is 8.50. The molecule has 0 spiro atoms. The minimum absolute atomic E-state index is 0.406. The molecule has 1 heterocycles. The first kappa shape index (κ1) is 14.3. The minimum Gasteiger partial charge on any atom is -0.396 e. The Morgan fingerprint density at radius 1 is 1.00 bits per heavy atom. The van der Waals surface area contributed by atoms with Crippen LogP contribution in [0.5, 0.6) is 0 Å². The van der Waals surface area contributed by atoms with Crippen molar-refractivity contribution >= 4 is 21.6 Å². The molecule has 4 N–H and O–H groups in total. The predicted molar refractivity (Wildman–Crippen MR) is 60.0 cm³/mol. The summed E-state index contributed by atoms with van der Waals surface area (Å²) < 4.78 is 0. The van der Waals surface area contributed by atoms with Gasteiger partial charge < -0.3 is 20.4 Å². The van der Waals surface area contributed by atoms with E-state index in [1.165, 1.54) is 5.75 Å². The Kier molecular flexibility index (Phi) is 8.75. The molecule has 4 nitrogen and oxygen atoms in total. The first-order chi connectivity index (χ1) is 6.74. The van der Waals surface area contributed by atoms with Gasteiger partial charge in [0.1, 0.15) is 0 Å². The van der Waals surface area contributed by atoms with Crippen LogP contribution in [-0.4, -0.2) is 52.6 Å². The van der Waals surface area contributed by atoms with Gasteiger partial charge in [-0.1, -0.05) is 27.7 Å². The predicted octanol–water partition coefficient (Wildman–Crippen LogP) is -0.163. The molecule has 0 amide bonds. The van der Waals surface area contributed by atoms with Crippen LogP contribution in [0.1, 0.15) is 0 Å². The summed E-state index contributed by atoms with van der Waals surface area (Å²) in [6.45, 7) is -1.62. The summed E-state index contributed by atoms with van der Waals surface area (Å²) in [5.41, 5.74) is -1.11. The molecule has 0 radical (unpaired) electrons. The van der Waals surface area contributed by atoms with Crippen LogP contribution in [0.25, 0.3) is 0 Å². The van der Waals surface area contributed by atoms with Crippen molar-refractivity contribution < 1.29 is 20.4 Å². The molecule has 0 fully saturated rings. The third-order valence-corrected chi connectivity index (χ3v) is 3.64. The second-order valence-corrected chi connectivity index (χ2v) is 5.20. The van der Waals surface area contributed by atoms with E-state index in [2.05, 4.69) is 11.5 Å². The molecule has 1 aliphatic heterocycles. The molecule has 84 valence electrons. The van der Waals surface area contributed by atoms with Crippen molar-refractivity contribution in [3.63, 3.8) is 0 Å². The molecule has 0 saturated carbocycles. The smallest absolute Gasteiger partial charge is 0.0627 e. The summed E-state index contributed by atoms with van der Waals surface area (Å²) in [4.78, 5) is 0. The third-order valence-electron chi connectivity index (χ3n) is 1.73. The van der Waals surface area contributed by atoms with E-state index in [0.717, 1.165) is 0 Å². The number of aliphatic hydroxyl groups is 4. The molecule has 0 saturated heterocycles. The molecular formula is C8H16O4S2. The van der Waals surface area contributed by atoms with Crippen LogP contribution >= 0.6 is 21.6 Å². The Morgan fingerprint density at radius 3 is 1.57 bits per heavy atom. The van der Waals surface area contributed by atoms with E-state index in [0.29, 0.717) is 0 Å². The SMILES string of the molecule is C1=CSSC1.OCC(CO)(CO)CO. The Bertz CT molecular complexity index is 136. The summed E-state index contributed by atoms with van der Waals surface area (Å²) >= 11 is 0. The summed E-state index contributed by atoms with van der Waals surface area (Å²) in [5, 5.41) is 36.1. The van der Waals surface area contributed by atoms with Crippen LogP contribution in [0, 0.1) is 5.41 Å². The van der Waals surface area contributed by atoms with Gasteiger partial charge in [0.2, 0.25) is 0 Å². The van der Waals surface area contributed by atoms with E-state index in [1.54, 1.807) is 0 Å². The van der Waals surface area contributed by atoms with Gasteiger partial charge in [-0.3, -0.25) is 0 Å². The summed E-state index contributed by atoms with van der Waals surface area (Å²) in [5.74, 6) is 1.20. The maximum Gasteiger partial charge on any atom is 0.0627 e. The van der Waals surface area contributed by atoms with Crippen molar-refractivity contribution in [1.82, 2.24) is 0 Å². The molecular weight excluding hydrogens is 224 g/mol. The van der Waals surface area contributed by atoms with Crippen molar-refractivity contribution in [3.8, 4) is 0 Å². The first-order valence-corrected chi connectivity index (χ1v) is 6.49. The highest BCUT2D eigenvalue weighted by Crippen LogP contribution is 2.27. The fraction of sp³-hybridized carbons (Fsp3) is 0.750. The van der Waals surface area contributed by atoms with Gasteiger partial charge >= 0.3 is 0 Å². The quantitative estimate of drug-likeness (QED) is 0.511. The van der Waals surface area contributed by atoms with Crippen LogP contribution in [0.3, 0.4) is 0 Å². The third kappa shape index (κ3) is 5.23. The monoisotopic (exact) mass is 240 g/mol. The van der Waals surface area contributed by atoms with Gasteiger partial charge in [0.15, 0.2) is 0 Å². The second-order valence-electron chi connectivity index (χ2n) is 2.88. The molecule has 14 heavy (non-hydrogen) atoms. The van der Waals surface area contributed by atoms with Gasteiger partial charge in [0.05, 0.1) is 31.8 Å². The fourth-order valence-corrected chi connectivity index (χ4v) is 2.07. The molecule has 0 aromatic heterocycles. The molecule has 0 aromatic rings. The highest BCUT2D eigenvalue weighted by Gasteiger charge is 2.26. The topological polar surface area (TPSA) is 80.9 Å². The zero-order valence-corrected chi connectivity index (χ0v) is 9.43. The zero-order chi connectivity index (χ0) is 10.9. The van der Waals surface area contributed by atoms with Crippen molar-refractivity contribution in [2.45, 2.75) is 0 Å². The van der Waals surface area contributed by atoms with Crippen molar-refractivity contribution in [1.29, 1.82) is 0 Å². The maximum absolute atomic E-state index is 8.50. The lowest BCUT2D eigenvalue weighted by Crippen LogP contribution is -2.37. The number of hydrogen-bond donors (Lipinski definition) is 4. The average molecular weight is 240 g/mol. The molecule has 6 heteroatoms. The fourth-order valence-electron chi connectivity index (χ4n) is 0.496. The summed E-state index contributed by atoms with van der Waals surface area (Å²) in [6, 6.07) is 0. The van der Waals surface area contributed by atoms with Crippen LogP contribution in [-0.2, 0) is 0 Å². The van der Waals surface area contributed by atoms with E-state index < -0.39 is 31.8 Å². The van der Waals surface area contributed by atoms with Gasteiger partial charge in [0.25, 0.3) is 0 Å². The molecule has 1 rings (SSSR count). The Balaban J connectivity index is 0.000000280.